The molecule has 0 saturated heterocycles. The fraction of sp³-hybridized carbons (Fsp3) is 0.188. The van der Waals surface area contributed by atoms with E-state index in [9.17, 15) is 9.90 Å². The second-order valence-corrected chi connectivity index (χ2v) is 25.1. The Morgan fingerprint density at radius 2 is 0.814 bits per heavy atom. The van der Waals surface area contributed by atoms with Gasteiger partial charge in [-0.15, -0.1) is 30.0 Å². The van der Waals surface area contributed by atoms with Crippen molar-refractivity contribution in [3.8, 4) is 45.0 Å². The molecule has 0 aliphatic heterocycles. The lowest BCUT2D eigenvalue weighted by Crippen LogP contribution is -2.39. The van der Waals surface area contributed by atoms with E-state index in [1.807, 2.05) is 108 Å². The summed E-state index contributed by atoms with van der Waals surface area (Å²) < 4.78 is 2.04. The number of halogens is 3. The number of H-pyrrole nitrogens is 1. The Bertz CT molecular complexity index is 4670. The molecule has 2 N–H and O–H groups in total. The number of aliphatic hydroxyl groups is 1. The Kier molecular flexibility index (Phi) is 26.8. The smallest absolute Gasteiger partial charge is 0.205 e. The van der Waals surface area contributed by atoms with Crippen molar-refractivity contribution >= 4 is 45.4 Å². The topological polar surface area (TPSA) is 171 Å². The number of aromatic nitrogens is 12. The number of carbonyl (C=O) groups is 1. The molecule has 14 aromatic rings. The number of aliphatic hydroxyl groups excluding tert-OH is 1. The second-order valence-electron chi connectivity index (χ2n) is 23.8. The number of hydrogen-bond donors (Lipinski definition) is 2. The molecule has 0 bridgehead atoms. The number of hydrogen-bond acceptors (Lipinski definition) is 10. The summed E-state index contributed by atoms with van der Waals surface area (Å²) in [7, 11) is 0. The molecule has 17 heteroatoms. The lowest BCUT2D eigenvalue weighted by molar-refractivity contribution is 0.111. The van der Waals surface area contributed by atoms with Gasteiger partial charge in [0, 0.05) is 35.8 Å². The molecule has 102 heavy (non-hydrogen) atoms. The number of aldehydes is 1. The first-order chi connectivity index (χ1) is 48.7. The Morgan fingerprint density at radius 1 is 0.461 bits per heavy atom. The normalized spacial score (nSPS) is 11.0. The number of nitrogens with zero attached hydrogens (tertiary/aromatic N) is 11. The van der Waals surface area contributed by atoms with Gasteiger partial charge in [-0.1, -0.05) is 367 Å². The van der Waals surface area contributed by atoms with E-state index in [2.05, 4.69) is 226 Å². The van der Waals surface area contributed by atoms with Crippen LogP contribution >= 0.6 is 39.1 Å². The van der Waals surface area contributed by atoms with Crippen LogP contribution in [0.4, 0.5) is 0 Å². The molecule has 0 fully saturated rings. The number of benzene rings is 10. The number of unbranched alkanes of at least 4 members (excludes halogenated alkanes) is 2. The van der Waals surface area contributed by atoms with Gasteiger partial charge in [-0.05, 0) is 90.0 Å². The Hall–Kier alpha value is -10.6. The zero-order valence-electron chi connectivity index (χ0n) is 54.9. The minimum Gasteiger partial charge on any atom is -0.390 e. The Labute approximate surface area is 617 Å². The van der Waals surface area contributed by atoms with E-state index in [-0.39, 0.29) is 28.9 Å². The molecule has 4 aromatic heterocycles. The average Bonchev–Trinajstić information content (AvgIpc) is 0.932. The van der Waals surface area contributed by atoms with Gasteiger partial charge >= 0.3 is 0 Å². The molecule has 4 heterocycles. The highest BCUT2D eigenvalue weighted by molar-refractivity contribution is 9.08. The van der Waals surface area contributed by atoms with Crippen LogP contribution in [-0.4, -0.2) is 71.3 Å². The molecule has 0 radical (unpaired) electrons. The predicted molar refractivity (Wildman–Crippen MR) is 418 cm³/mol. The number of aromatic amines is 1. The molecule has 14 rings (SSSR count). The van der Waals surface area contributed by atoms with Crippen molar-refractivity contribution in [1.82, 2.24) is 59.9 Å². The summed E-state index contributed by atoms with van der Waals surface area (Å²) in [6.45, 7) is 4.68. The van der Waals surface area contributed by atoms with E-state index >= 15 is 0 Å². The second kappa shape index (κ2) is 36.2. The summed E-state index contributed by atoms with van der Waals surface area (Å²) in [6, 6.07) is 95.6. The molecule has 0 aliphatic carbocycles. The first-order valence-electron chi connectivity index (χ1n) is 33.1. The third-order valence-electron chi connectivity index (χ3n) is 17.6. The fourth-order valence-electron chi connectivity index (χ4n) is 12.6. The number of carbonyl (C=O) groups excluding carboxylic acids is 1. The summed E-state index contributed by atoms with van der Waals surface area (Å²) in [5.41, 5.74) is 13.9. The molecular weight excluding hydrogens is 1370 g/mol. The quantitative estimate of drug-likeness (QED) is 0.0357. The Balaban J connectivity index is 0.000000203. The van der Waals surface area contributed by atoms with Gasteiger partial charge in [-0.25, -0.2) is 9.97 Å². The van der Waals surface area contributed by atoms with Crippen LogP contribution in [0.2, 0.25) is 10.3 Å². The zero-order chi connectivity index (χ0) is 68.4. The van der Waals surface area contributed by atoms with Crippen LogP contribution in [0.3, 0.4) is 0 Å². The van der Waals surface area contributed by atoms with E-state index in [4.69, 9.17) is 48.9 Å². The maximum Gasteiger partial charge on any atom is 0.205 e. The molecule has 518 valence electrons. The molecule has 0 spiro atoms. The first-order valence-corrected chi connectivity index (χ1v) is 35.0. The standard InChI is InChI=1S/C41H37ClN6O.C33H25BrN4.C8H11ClN2O.3CH4/c1-2-3-23-38-43-39(42)37(29-49)47(38)28-30-24-26-31(27-25-30)35-21-13-14-22-36(35)40-44-46-48(45-40)41(32-15-7-4-8-16-32,33-17-9-5-10-18-33)34-19-11-6-12-20-34;34-24-25-20-22-26(23-21-25)30-18-10-11-19-31(30)32-35-37-38(36-32)33(27-12-4-1-5-13-27,28-14-6-2-7-15-28)29-16-8-3-9-17-29;1-2-3-4-7-10-6(5-12)8(9)11-7;;;/h4-22,24-27,49H,2-3,23,28-29H2,1H3;1-23H,24H2;5H,2-4H2,1H3,(H,10,11);3*1H4. The monoisotopic (exact) mass is 1450 g/mol. The third kappa shape index (κ3) is 16.3. The lowest BCUT2D eigenvalue weighted by Gasteiger charge is -2.34. The summed E-state index contributed by atoms with van der Waals surface area (Å²) in [6.07, 6.45) is 6.56. The molecular formula is C85H85BrCl2N12O2. The summed E-state index contributed by atoms with van der Waals surface area (Å²) in [5, 5.41) is 40.6. The van der Waals surface area contributed by atoms with Gasteiger partial charge in [-0.3, -0.25) is 4.79 Å². The highest BCUT2D eigenvalue weighted by Gasteiger charge is 2.43. The predicted octanol–water partition coefficient (Wildman–Crippen LogP) is 20.4. The highest BCUT2D eigenvalue weighted by Crippen LogP contribution is 2.43. The number of nitrogens with one attached hydrogen (secondary N) is 1. The number of alkyl halides is 1. The summed E-state index contributed by atoms with van der Waals surface area (Å²) in [4.78, 5) is 25.3. The summed E-state index contributed by atoms with van der Waals surface area (Å²) >= 11 is 15.6. The zero-order valence-corrected chi connectivity index (χ0v) is 58.0. The molecule has 0 atom stereocenters. The summed E-state index contributed by atoms with van der Waals surface area (Å²) in [5.74, 6) is 2.81. The number of aryl methyl sites for hydroxylation is 2. The molecule has 0 unspecified atom stereocenters. The van der Waals surface area contributed by atoms with Crippen LogP contribution in [0, 0.1) is 0 Å². The van der Waals surface area contributed by atoms with Crippen molar-refractivity contribution in [2.45, 2.75) is 104 Å². The van der Waals surface area contributed by atoms with Gasteiger partial charge in [0.2, 0.25) is 11.6 Å². The maximum atomic E-state index is 10.3. The van der Waals surface area contributed by atoms with Gasteiger partial charge in [-0.2, -0.15) is 0 Å². The largest absolute Gasteiger partial charge is 0.390 e. The van der Waals surface area contributed by atoms with Crippen LogP contribution in [0.5, 0.6) is 0 Å². The number of imidazole rings is 2. The van der Waals surface area contributed by atoms with E-state index in [0.29, 0.717) is 46.2 Å². The van der Waals surface area contributed by atoms with Crippen molar-refractivity contribution < 1.29 is 9.90 Å². The van der Waals surface area contributed by atoms with E-state index in [1.54, 1.807) is 9.59 Å². The van der Waals surface area contributed by atoms with Crippen molar-refractivity contribution in [3.05, 3.63) is 357 Å². The number of tetrazole rings is 2. The lowest BCUT2D eigenvalue weighted by atomic mass is 9.77. The van der Waals surface area contributed by atoms with Crippen LogP contribution in [0.25, 0.3) is 45.0 Å². The van der Waals surface area contributed by atoms with Crippen molar-refractivity contribution in [2.75, 3.05) is 0 Å². The van der Waals surface area contributed by atoms with Crippen molar-refractivity contribution in [2.24, 2.45) is 0 Å². The van der Waals surface area contributed by atoms with Crippen LogP contribution in [-0.2, 0) is 42.4 Å². The molecule has 0 amide bonds. The van der Waals surface area contributed by atoms with E-state index in [0.717, 1.165) is 128 Å². The van der Waals surface area contributed by atoms with Crippen LogP contribution < -0.4 is 0 Å². The molecule has 0 saturated carbocycles. The Morgan fingerprint density at radius 3 is 1.16 bits per heavy atom. The van der Waals surface area contributed by atoms with Crippen molar-refractivity contribution in [1.29, 1.82) is 0 Å². The van der Waals surface area contributed by atoms with E-state index in [1.165, 1.54) is 5.56 Å². The van der Waals surface area contributed by atoms with Gasteiger partial charge in [0.25, 0.3) is 0 Å². The average molecular weight is 1460 g/mol. The first kappa shape index (κ1) is 75.6. The minimum atomic E-state index is -0.856. The molecule has 10 aromatic carbocycles. The van der Waals surface area contributed by atoms with Gasteiger partial charge in [0.15, 0.2) is 22.5 Å². The van der Waals surface area contributed by atoms with Crippen molar-refractivity contribution in [3.63, 3.8) is 0 Å². The maximum absolute atomic E-state index is 10.3. The minimum absolute atomic E-state index is 0. The van der Waals surface area contributed by atoms with Gasteiger partial charge < -0.3 is 14.7 Å². The van der Waals surface area contributed by atoms with E-state index < -0.39 is 11.1 Å². The SMILES string of the molecule is BrCc1ccc(-c2ccccc2-c2nnn(C(c3ccccc3)(c3ccccc3)c3ccccc3)n2)cc1.C.C.C.CCCCc1nc(C=O)c(Cl)[nH]1.CCCCc1nc(Cl)c(CO)n1Cc1ccc(-c2ccccc2-c2nnn(C(c3ccccc3)(c3ccccc3)c3ccccc3)n2)cc1. The van der Waals surface area contributed by atoms with Crippen LogP contribution in [0.1, 0.15) is 134 Å². The number of rotatable bonds is 23. The molecule has 14 nitrogen and oxygen atoms in total. The third-order valence-corrected chi connectivity index (χ3v) is 18.8. The fourth-order valence-corrected chi connectivity index (χ4v) is 13.5. The highest BCUT2D eigenvalue weighted by atomic mass is 79.9. The molecule has 0 aliphatic rings. The van der Waals surface area contributed by atoms with Crippen LogP contribution in [0.15, 0.2) is 279 Å². The van der Waals surface area contributed by atoms with Gasteiger partial charge in [0.1, 0.15) is 22.5 Å². The van der Waals surface area contributed by atoms with Gasteiger partial charge in [0.05, 0.1) is 12.3 Å².